The van der Waals surface area contributed by atoms with E-state index in [1.807, 2.05) is 26.0 Å². The fraction of sp³-hybridized carbons (Fsp3) is 0.500. The SMILES string of the molecule is C\C=C(/C=C\C=C(/C)CC(=O)OC)N1CCC1. The minimum atomic E-state index is -0.193. The molecule has 1 aliphatic rings. The van der Waals surface area contributed by atoms with Gasteiger partial charge in [-0.15, -0.1) is 0 Å². The minimum Gasteiger partial charge on any atom is -0.469 e. The zero-order valence-electron chi connectivity index (χ0n) is 10.9. The Balaban J connectivity index is 2.46. The number of likely N-dealkylation sites (tertiary alicyclic amines) is 1. The fourth-order valence-electron chi connectivity index (χ4n) is 1.63. The highest BCUT2D eigenvalue weighted by molar-refractivity contribution is 5.72. The predicted octanol–water partition coefficient (Wildman–Crippen LogP) is 2.66. The molecule has 0 atom stereocenters. The molecule has 1 saturated heterocycles. The van der Waals surface area contributed by atoms with E-state index in [9.17, 15) is 4.79 Å². The molecule has 0 aromatic heterocycles. The summed E-state index contributed by atoms with van der Waals surface area (Å²) in [5.74, 6) is -0.193. The van der Waals surface area contributed by atoms with Crippen LogP contribution in [0.15, 0.2) is 35.6 Å². The third kappa shape index (κ3) is 4.47. The third-order valence-corrected chi connectivity index (χ3v) is 2.82. The molecule has 1 rings (SSSR count). The smallest absolute Gasteiger partial charge is 0.309 e. The van der Waals surface area contributed by atoms with E-state index in [2.05, 4.69) is 21.8 Å². The summed E-state index contributed by atoms with van der Waals surface area (Å²) in [5, 5.41) is 0. The molecule has 1 aliphatic heterocycles. The predicted molar refractivity (Wildman–Crippen MR) is 69.5 cm³/mol. The summed E-state index contributed by atoms with van der Waals surface area (Å²) in [6, 6.07) is 0. The van der Waals surface area contributed by atoms with Crippen LogP contribution in [0.3, 0.4) is 0 Å². The third-order valence-electron chi connectivity index (χ3n) is 2.82. The zero-order valence-corrected chi connectivity index (χ0v) is 10.9. The molecule has 0 aromatic carbocycles. The minimum absolute atomic E-state index is 0.193. The van der Waals surface area contributed by atoms with Gasteiger partial charge in [0.25, 0.3) is 0 Å². The van der Waals surface area contributed by atoms with Gasteiger partial charge in [-0.05, 0) is 26.3 Å². The first-order chi connectivity index (χ1) is 8.17. The van der Waals surface area contributed by atoms with Crippen molar-refractivity contribution in [2.45, 2.75) is 26.7 Å². The number of ether oxygens (including phenoxy) is 1. The van der Waals surface area contributed by atoms with Crippen molar-refractivity contribution in [1.29, 1.82) is 0 Å². The Bertz CT molecular complexity index is 349. The maximum Gasteiger partial charge on any atom is 0.309 e. The maximum absolute atomic E-state index is 11.0. The Morgan fingerprint density at radius 3 is 2.59 bits per heavy atom. The number of allylic oxidation sites excluding steroid dienone is 4. The number of carbonyl (C=O) groups is 1. The monoisotopic (exact) mass is 235 g/mol. The van der Waals surface area contributed by atoms with Gasteiger partial charge in [0.15, 0.2) is 0 Å². The second-order valence-electron chi connectivity index (χ2n) is 4.18. The largest absolute Gasteiger partial charge is 0.469 e. The van der Waals surface area contributed by atoms with Crippen molar-refractivity contribution >= 4 is 5.97 Å². The van der Waals surface area contributed by atoms with Crippen LogP contribution in [0.2, 0.25) is 0 Å². The highest BCUT2D eigenvalue weighted by atomic mass is 16.5. The molecule has 0 unspecified atom stereocenters. The van der Waals surface area contributed by atoms with Crippen molar-refractivity contribution in [2.75, 3.05) is 20.2 Å². The molecule has 3 nitrogen and oxygen atoms in total. The zero-order chi connectivity index (χ0) is 12.7. The molecular formula is C14H21NO2. The number of hydrogen-bond acceptors (Lipinski definition) is 3. The quantitative estimate of drug-likeness (QED) is 0.542. The molecule has 0 bridgehead atoms. The number of carbonyl (C=O) groups excluding carboxylic acids is 1. The summed E-state index contributed by atoms with van der Waals surface area (Å²) >= 11 is 0. The van der Waals surface area contributed by atoms with E-state index in [1.54, 1.807) is 0 Å². The van der Waals surface area contributed by atoms with Crippen LogP contribution >= 0.6 is 0 Å². The molecule has 94 valence electrons. The van der Waals surface area contributed by atoms with Crippen LogP contribution in [-0.4, -0.2) is 31.1 Å². The molecule has 0 aromatic rings. The van der Waals surface area contributed by atoms with Gasteiger partial charge in [0.05, 0.1) is 13.5 Å². The van der Waals surface area contributed by atoms with Gasteiger partial charge < -0.3 is 9.64 Å². The van der Waals surface area contributed by atoms with Gasteiger partial charge >= 0.3 is 5.97 Å². The summed E-state index contributed by atoms with van der Waals surface area (Å²) in [4.78, 5) is 13.4. The van der Waals surface area contributed by atoms with Gasteiger partial charge in [0.1, 0.15) is 0 Å². The standard InChI is InChI=1S/C14H21NO2/c1-4-13(15-9-6-10-15)8-5-7-12(2)11-14(16)17-3/h4-5,7-8H,6,9-11H2,1-3H3/b8-5-,12-7+,13-4+. The lowest BCUT2D eigenvalue weighted by Crippen LogP contribution is -2.35. The number of methoxy groups -OCH3 is 1. The molecule has 0 spiro atoms. The topological polar surface area (TPSA) is 29.5 Å². The van der Waals surface area contributed by atoms with Crippen molar-refractivity contribution < 1.29 is 9.53 Å². The van der Waals surface area contributed by atoms with Gasteiger partial charge in [0, 0.05) is 18.8 Å². The molecular weight excluding hydrogens is 214 g/mol. The first kappa shape index (κ1) is 13.6. The Morgan fingerprint density at radius 1 is 1.41 bits per heavy atom. The molecule has 0 saturated carbocycles. The Hall–Kier alpha value is -1.51. The number of esters is 1. The van der Waals surface area contributed by atoms with E-state index >= 15 is 0 Å². The Morgan fingerprint density at radius 2 is 2.12 bits per heavy atom. The summed E-state index contributed by atoms with van der Waals surface area (Å²) in [5.41, 5.74) is 2.26. The van der Waals surface area contributed by atoms with Gasteiger partial charge in [-0.25, -0.2) is 0 Å². The summed E-state index contributed by atoms with van der Waals surface area (Å²) in [6.07, 6.45) is 9.78. The van der Waals surface area contributed by atoms with Crippen LogP contribution < -0.4 is 0 Å². The molecule has 17 heavy (non-hydrogen) atoms. The van der Waals surface area contributed by atoms with E-state index in [0.717, 1.165) is 18.7 Å². The lowest BCUT2D eigenvalue weighted by molar-refractivity contribution is -0.139. The van der Waals surface area contributed by atoms with Gasteiger partial charge in [0.2, 0.25) is 0 Å². The number of hydrogen-bond donors (Lipinski definition) is 0. The van der Waals surface area contributed by atoms with Crippen LogP contribution in [-0.2, 0) is 9.53 Å². The highest BCUT2D eigenvalue weighted by Crippen LogP contribution is 2.15. The molecule has 0 amide bonds. The second-order valence-corrected chi connectivity index (χ2v) is 4.18. The molecule has 0 radical (unpaired) electrons. The molecule has 0 aliphatic carbocycles. The summed E-state index contributed by atoms with van der Waals surface area (Å²) < 4.78 is 4.61. The molecule has 0 N–H and O–H groups in total. The molecule has 1 heterocycles. The van der Waals surface area contributed by atoms with Crippen molar-refractivity contribution in [3.8, 4) is 0 Å². The van der Waals surface area contributed by atoms with Crippen molar-refractivity contribution in [3.05, 3.63) is 35.6 Å². The van der Waals surface area contributed by atoms with Gasteiger partial charge in [-0.2, -0.15) is 0 Å². The van der Waals surface area contributed by atoms with Crippen molar-refractivity contribution in [2.24, 2.45) is 0 Å². The number of rotatable bonds is 5. The lowest BCUT2D eigenvalue weighted by atomic mass is 10.1. The van der Waals surface area contributed by atoms with E-state index in [4.69, 9.17) is 0 Å². The van der Waals surface area contributed by atoms with E-state index in [0.29, 0.717) is 6.42 Å². The van der Waals surface area contributed by atoms with Crippen molar-refractivity contribution in [3.63, 3.8) is 0 Å². The average molecular weight is 235 g/mol. The van der Waals surface area contributed by atoms with E-state index in [1.165, 1.54) is 19.2 Å². The van der Waals surface area contributed by atoms with Crippen LogP contribution in [0.25, 0.3) is 0 Å². The van der Waals surface area contributed by atoms with E-state index < -0.39 is 0 Å². The molecule has 1 fully saturated rings. The van der Waals surface area contributed by atoms with E-state index in [-0.39, 0.29) is 5.97 Å². The Kier molecular flexibility index (Phi) is 5.53. The first-order valence-electron chi connectivity index (χ1n) is 5.99. The fourth-order valence-corrected chi connectivity index (χ4v) is 1.63. The maximum atomic E-state index is 11.0. The van der Waals surface area contributed by atoms with Crippen LogP contribution in [0.5, 0.6) is 0 Å². The van der Waals surface area contributed by atoms with Crippen LogP contribution in [0.1, 0.15) is 26.7 Å². The van der Waals surface area contributed by atoms with Gasteiger partial charge in [-0.1, -0.05) is 23.8 Å². The van der Waals surface area contributed by atoms with Crippen LogP contribution in [0, 0.1) is 0 Å². The Labute approximate surface area is 103 Å². The molecule has 3 heteroatoms. The average Bonchev–Trinajstić information content (AvgIpc) is 2.24. The van der Waals surface area contributed by atoms with Crippen LogP contribution in [0.4, 0.5) is 0 Å². The summed E-state index contributed by atoms with van der Waals surface area (Å²) in [6.45, 7) is 6.27. The lowest BCUT2D eigenvalue weighted by Gasteiger charge is -2.34. The first-order valence-corrected chi connectivity index (χ1v) is 5.99. The highest BCUT2D eigenvalue weighted by Gasteiger charge is 2.13. The second kappa shape index (κ2) is 6.94. The number of nitrogens with zero attached hydrogens (tertiary/aromatic N) is 1. The van der Waals surface area contributed by atoms with Crippen molar-refractivity contribution in [1.82, 2.24) is 4.90 Å². The normalized spacial score (nSPS) is 17.2. The summed E-state index contributed by atoms with van der Waals surface area (Å²) in [7, 11) is 1.41. The van der Waals surface area contributed by atoms with Gasteiger partial charge in [-0.3, -0.25) is 4.79 Å².